The molecule has 0 aromatic heterocycles. The van der Waals surface area contributed by atoms with E-state index in [-0.39, 0.29) is 12.0 Å². The fourth-order valence-corrected chi connectivity index (χ4v) is 2.52. The van der Waals surface area contributed by atoms with Gasteiger partial charge in [-0.2, -0.15) is 0 Å². The molecule has 2 aliphatic rings. The zero-order chi connectivity index (χ0) is 12.5. The second kappa shape index (κ2) is 4.71. The minimum Gasteiger partial charge on any atom is -0.393 e. The highest BCUT2D eigenvalue weighted by molar-refractivity contribution is 5.94. The zero-order valence-corrected chi connectivity index (χ0v) is 10.2. The van der Waals surface area contributed by atoms with Crippen LogP contribution in [0.3, 0.4) is 0 Å². The third-order valence-corrected chi connectivity index (χ3v) is 3.75. The van der Waals surface area contributed by atoms with Gasteiger partial charge in [0.25, 0.3) is 5.91 Å². The molecule has 4 heteroatoms. The van der Waals surface area contributed by atoms with Crippen LogP contribution in [0.4, 0.5) is 0 Å². The van der Waals surface area contributed by atoms with Gasteiger partial charge in [-0.1, -0.05) is 6.07 Å². The number of hydrogen-bond acceptors (Lipinski definition) is 3. The molecule has 1 saturated carbocycles. The van der Waals surface area contributed by atoms with Crippen LogP contribution in [0.1, 0.15) is 34.3 Å². The van der Waals surface area contributed by atoms with Crippen LogP contribution in [0.25, 0.3) is 0 Å². The molecule has 0 radical (unpaired) electrons. The highest BCUT2D eigenvalue weighted by Gasteiger charge is 2.27. The van der Waals surface area contributed by atoms with Crippen molar-refractivity contribution in [3.8, 4) is 0 Å². The number of hydrogen-bond donors (Lipinski definition) is 2. The normalized spacial score (nSPS) is 25.4. The third-order valence-electron chi connectivity index (χ3n) is 3.75. The largest absolute Gasteiger partial charge is 0.393 e. The first kappa shape index (κ1) is 11.7. The molecule has 0 saturated heterocycles. The molecule has 3 rings (SSSR count). The summed E-state index contributed by atoms with van der Waals surface area (Å²) in [6, 6.07) is 5.72. The minimum absolute atomic E-state index is 0.0360. The van der Waals surface area contributed by atoms with Crippen LogP contribution in [0.15, 0.2) is 18.2 Å². The third kappa shape index (κ3) is 2.26. The first-order valence-electron chi connectivity index (χ1n) is 6.38. The van der Waals surface area contributed by atoms with Crippen molar-refractivity contribution in [2.24, 2.45) is 5.92 Å². The van der Waals surface area contributed by atoms with Crippen LogP contribution in [-0.2, 0) is 18.0 Å². The maximum Gasteiger partial charge on any atom is 0.251 e. The smallest absolute Gasteiger partial charge is 0.251 e. The van der Waals surface area contributed by atoms with E-state index < -0.39 is 0 Å². The average molecular weight is 247 g/mol. The summed E-state index contributed by atoms with van der Waals surface area (Å²) in [5.74, 6) is 0.396. The molecule has 1 aromatic rings. The van der Waals surface area contributed by atoms with E-state index in [1.165, 1.54) is 5.56 Å². The van der Waals surface area contributed by atoms with Crippen LogP contribution in [0.2, 0.25) is 0 Å². The highest BCUT2D eigenvalue weighted by atomic mass is 16.5. The van der Waals surface area contributed by atoms with Crippen molar-refractivity contribution in [3.05, 3.63) is 34.9 Å². The molecule has 0 unspecified atom stereocenters. The molecular formula is C14H17NO3. The topological polar surface area (TPSA) is 58.6 Å². The standard InChI is InChI=1S/C14H17NO3/c16-13-3-9(4-13)6-15-14(17)10-1-2-11-7-18-8-12(11)5-10/h1-2,5,9,13,16H,3-4,6-8H2,(H,15,17). The molecule has 18 heavy (non-hydrogen) atoms. The number of aliphatic hydroxyl groups is 1. The van der Waals surface area contributed by atoms with Crippen molar-refractivity contribution in [2.45, 2.75) is 32.2 Å². The summed E-state index contributed by atoms with van der Waals surface area (Å²) in [6.45, 7) is 1.91. The van der Waals surface area contributed by atoms with E-state index >= 15 is 0 Å². The van der Waals surface area contributed by atoms with E-state index in [2.05, 4.69) is 5.32 Å². The Balaban J connectivity index is 1.58. The lowest BCUT2D eigenvalue weighted by Crippen LogP contribution is -2.38. The van der Waals surface area contributed by atoms with Crippen molar-refractivity contribution in [2.75, 3.05) is 6.54 Å². The minimum atomic E-state index is -0.163. The van der Waals surface area contributed by atoms with E-state index in [4.69, 9.17) is 4.74 Å². The van der Waals surface area contributed by atoms with E-state index in [9.17, 15) is 9.90 Å². The number of ether oxygens (including phenoxy) is 1. The zero-order valence-electron chi connectivity index (χ0n) is 10.2. The summed E-state index contributed by atoms with van der Waals surface area (Å²) in [5.41, 5.74) is 2.98. The van der Waals surface area contributed by atoms with Gasteiger partial charge in [0, 0.05) is 12.1 Å². The number of aliphatic hydroxyl groups excluding tert-OH is 1. The van der Waals surface area contributed by atoms with Gasteiger partial charge in [0.05, 0.1) is 19.3 Å². The Morgan fingerprint density at radius 1 is 1.33 bits per heavy atom. The predicted octanol–water partition coefficient (Wildman–Crippen LogP) is 1.22. The van der Waals surface area contributed by atoms with Crippen LogP contribution in [0.5, 0.6) is 0 Å². The van der Waals surface area contributed by atoms with Gasteiger partial charge in [-0.15, -0.1) is 0 Å². The second-order valence-corrected chi connectivity index (χ2v) is 5.18. The lowest BCUT2D eigenvalue weighted by atomic mass is 9.82. The van der Waals surface area contributed by atoms with E-state index in [1.807, 2.05) is 18.2 Å². The Morgan fingerprint density at radius 3 is 2.89 bits per heavy atom. The molecular weight excluding hydrogens is 230 g/mol. The number of carbonyl (C=O) groups is 1. The lowest BCUT2D eigenvalue weighted by molar-refractivity contribution is 0.0420. The van der Waals surface area contributed by atoms with Crippen molar-refractivity contribution in [1.29, 1.82) is 0 Å². The molecule has 0 bridgehead atoms. The van der Waals surface area contributed by atoms with Gasteiger partial charge in [-0.05, 0) is 42.0 Å². The van der Waals surface area contributed by atoms with Crippen molar-refractivity contribution >= 4 is 5.91 Å². The van der Waals surface area contributed by atoms with E-state index in [0.29, 0.717) is 31.2 Å². The van der Waals surface area contributed by atoms with Gasteiger partial charge >= 0.3 is 0 Å². The van der Waals surface area contributed by atoms with Gasteiger partial charge in [0.1, 0.15) is 0 Å². The predicted molar refractivity (Wildman–Crippen MR) is 66.0 cm³/mol. The Hall–Kier alpha value is -1.39. The van der Waals surface area contributed by atoms with Gasteiger partial charge < -0.3 is 15.2 Å². The molecule has 0 atom stereocenters. The number of amides is 1. The number of fused-ring (bicyclic) bond motifs is 1. The van der Waals surface area contributed by atoms with Crippen molar-refractivity contribution in [3.63, 3.8) is 0 Å². The molecule has 2 N–H and O–H groups in total. The average Bonchev–Trinajstić information content (AvgIpc) is 2.79. The van der Waals surface area contributed by atoms with Crippen LogP contribution in [-0.4, -0.2) is 23.7 Å². The Labute approximate surface area is 106 Å². The quantitative estimate of drug-likeness (QED) is 0.844. The van der Waals surface area contributed by atoms with Gasteiger partial charge in [-0.25, -0.2) is 0 Å². The van der Waals surface area contributed by atoms with E-state index in [0.717, 1.165) is 18.4 Å². The lowest BCUT2D eigenvalue weighted by Gasteiger charge is -2.31. The molecule has 0 spiro atoms. The SMILES string of the molecule is O=C(NCC1CC(O)C1)c1ccc2c(c1)COC2. The molecule has 1 aliphatic heterocycles. The summed E-state index contributed by atoms with van der Waals surface area (Å²) >= 11 is 0. The summed E-state index contributed by atoms with van der Waals surface area (Å²) in [6.07, 6.45) is 1.44. The maximum absolute atomic E-state index is 12.0. The summed E-state index contributed by atoms with van der Waals surface area (Å²) in [7, 11) is 0. The monoisotopic (exact) mass is 247 g/mol. The Kier molecular flexibility index (Phi) is 3.06. The van der Waals surface area contributed by atoms with Crippen molar-refractivity contribution in [1.82, 2.24) is 5.32 Å². The van der Waals surface area contributed by atoms with Crippen LogP contribution >= 0.6 is 0 Å². The number of nitrogens with one attached hydrogen (secondary N) is 1. The molecule has 1 amide bonds. The molecule has 1 fully saturated rings. The van der Waals surface area contributed by atoms with Gasteiger partial charge in [0.2, 0.25) is 0 Å². The number of rotatable bonds is 3. The van der Waals surface area contributed by atoms with Crippen LogP contribution in [0, 0.1) is 5.92 Å². The van der Waals surface area contributed by atoms with Gasteiger partial charge in [-0.3, -0.25) is 4.79 Å². The van der Waals surface area contributed by atoms with E-state index in [1.54, 1.807) is 0 Å². The summed E-state index contributed by atoms with van der Waals surface area (Å²) < 4.78 is 5.33. The Morgan fingerprint density at radius 2 is 2.11 bits per heavy atom. The molecule has 96 valence electrons. The molecule has 1 aromatic carbocycles. The maximum atomic E-state index is 12.0. The molecule has 1 aliphatic carbocycles. The second-order valence-electron chi connectivity index (χ2n) is 5.18. The first-order chi connectivity index (χ1) is 8.72. The first-order valence-corrected chi connectivity index (χ1v) is 6.38. The fraction of sp³-hybridized carbons (Fsp3) is 0.500. The highest BCUT2D eigenvalue weighted by Crippen LogP contribution is 2.26. The van der Waals surface area contributed by atoms with Crippen molar-refractivity contribution < 1.29 is 14.6 Å². The van der Waals surface area contributed by atoms with Crippen LogP contribution < -0.4 is 5.32 Å². The van der Waals surface area contributed by atoms with Gasteiger partial charge in [0.15, 0.2) is 0 Å². The number of benzene rings is 1. The molecule has 1 heterocycles. The fourth-order valence-electron chi connectivity index (χ4n) is 2.52. The molecule has 4 nitrogen and oxygen atoms in total. The summed E-state index contributed by atoms with van der Waals surface area (Å²) in [5, 5.41) is 12.1. The summed E-state index contributed by atoms with van der Waals surface area (Å²) in [4.78, 5) is 12.0. The Bertz CT molecular complexity index is 466. The number of carbonyl (C=O) groups excluding carboxylic acids is 1.